The summed E-state index contributed by atoms with van der Waals surface area (Å²) in [7, 11) is 0. The Hall–Kier alpha value is -0.960. The third kappa shape index (κ3) is 6.58. The van der Waals surface area contributed by atoms with E-state index in [-0.39, 0.29) is 11.5 Å². The molecule has 0 bridgehead atoms. The van der Waals surface area contributed by atoms with Gasteiger partial charge in [-0.2, -0.15) is 0 Å². The van der Waals surface area contributed by atoms with Gasteiger partial charge in [-0.25, -0.2) is 8.78 Å². The Bertz CT molecular complexity index is 457. The maximum absolute atomic E-state index is 13.6. The second kappa shape index (κ2) is 10.0. The number of hydrogen-bond acceptors (Lipinski definition) is 1. The fraction of sp³-hybridized carbons (Fsp3) is 0.700. The van der Waals surface area contributed by atoms with Gasteiger partial charge < -0.3 is 4.74 Å². The Morgan fingerprint density at radius 2 is 1.61 bits per heavy atom. The van der Waals surface area contributed by atoms with E-state index in [1.54, 1.807) is 6.07 Å². The molecule has 0 heterocycles. The molecule has 3 heteroatoms. The normalized spacial score (nSPS) is 13.3. The number of rotatable bonds is 11. The van der Waals surface area contributed by atoms with Gasteiger partial charge in [-0.05, 0) is 44.9 Å². The molecule has 0 N–H and O–H groups in total. The minimum atomic E-state index is -0.790. The first-order valence-electron chi connectivity index (χ1n) is 9.01. The van der Waals surface area contributed by atoms with Gasteiger partial charge in [0, 0.05) is 12.5 Å². The average molecular weight is 326 g/mol. The van der Waals surface area contributed by atoms with Crippen LogP contribution in [0.15, 0.2) is 18.2 Å². The summed E-state index contributed by atoms with van der Waals surface area (Å²) in [6, 6.07) is 4.25. The predicted octanol–water partition coefficient (Wildman–Crippen LogP) is 6.61. The lowest BCUT2D eigenvalue weighted by Crippen LogP contribution is -2.33. The first kappa shape index (κ1) is 20.1. The van der Waals surface area contributed by atoms with E-state index in [2.05, 4.69) is 6.92 Å². The van der Waals surface area contributed by atoms with Crippen molar-refractivity contribution in [2.45, 2.75) is 84.2 Å². The Morgan fingerprint density at radius 3 is 2.22 bits per heavy atom. The first-order chi connectivity index (χ1) is 10.9. The van der Waals surface area contributed by atoms with Gasteiger partial charge >= 0.3 is 0 Å². The van der Waals surface area contributed by atoms with Crippen molar-refractivity contribution < 1.29 is 13.5 Å². The van der Waals surface area contributed by atoms with E-state index in [1.807, 2.05) is 20.8 Å². The molecular weight excluding hydrogens is 294 g/mol. The summed E-state index contributed by atoms with van der Waals surface area (Å²) in [6.07, 6.45) is 8.26. The van der Waals surface area contributed by atoms with Crippen LogP contribution in [0.1, 0.15) is 84.1 Å². The van der Waals surface area contributed by atoms with Crippen molar-refractivity contribution in [3.05, 3.63) is 35.4 Å². The van der Waals surface area contributed by atoms with Crippen molar-refractivity contribution in [1.82, 2.24) is 0 Å². The van der Waals surface area contributed by atoms with Crippen LogP contribution in [0.2, 0.25) is 0 Å². The summed E-state index contributed by atoms with van der Waals surface area (Å²) in [5.74, 6) is -1.49. The van der Waals surface area contributed by atoms with Gasteiger partial charge in [0.25, 0.3) is 0 Å². The molecule has 0 aliphatic rings. The lowest BCUT2D eigenvalue weighted by atomic mass is 9.80. The molecule has 0 amide bonds. The van der Waals surface area contributed by atoms with Crippen LogP contribution in [-0.4, -0.2) is 12.2 Å². The molecule has 1 nitrogen and oxygen atoms in total. The van der Waals surface area contributed by atoms with Crippen LogP contribution in [0.25, 0.3) is 0 Å². The van der Waals surface area contributed by atoms with E-state index in [1.165, 1.54) is 44.2 Å². The van der Waals surface area contributed by atoms with Crippen molar-refractivity contribution in [2.24, 2.45) is 0 Å². The number of ether oxygens (including phenoxy) is 1. The quantitative estimate of drug-likeness (QED) is 0.415. The molecule has 132 valence electrons. The number of benzene rings is 1. The molecule has 1 atom stereocenters. The highest BCUT2D eigenvalue weighted by molar-refractivity contribution is 5.24. The molecule has 0 fully saturated rings. The lowest BCUT2D eigenvalue weighted by Gasteiger charge is -2.35. The van der Waals surface area contributed by atoms with Crippen LogP contribution in [0.3, 0.4) is 0 Å². The summed E-state index contributed by atoms with van der Waals surface area (Å²) < 4.78 is 32.7. The van der Waals surface area contributed by atoms with Gasteiger partial charge in [0.2, 0.25) is 0 Å². The minimum Gasteiger partial charge on any atom is -0.375 e. The summed E-state index contributed by atoms with van der Waals surface area (Å²) in [5, 5.41) is 0. The molecular formula is C20H32F2O. The highest BCUT2D eigenvalue weighted by Crippen LogP contribution is 2.36. The van der Waals surface area contributed by atoms with Crippen molar-refractivity contribution in [2.75, 3.05) is 6.61 Å². The van der Waals surface area contributed by atoms with Crippen LogP contribution in [0.5, 0.6) is 0 Å². The monoisotopic (exact) mass is 326 g/mol. The summed E-state index contributed by atoms with van der Waals surface area (Å²) in [6.45, 7) is 8.88. The summed E-state index contributed by atoms with van der Waals surface area (Å²) in [4.78, 5) is 0. The van der Waals surface area contributed by atoms with Gasteiger partial charge in [0.05, 0.1) is 5.60 Å². The predicted molar refractivity (Wildman–Crippen MR) is 92.8 cm³/mol. The van der Waals surface area contributed by atoms with Gasteiger partial charge in [-0.1, -0.05) is 51.5 Å². The van der Waals surface area contributed by atoms with Crippen LogP contribution in [0, 0.1) is 11.6 Å². The molecule has 0 saturated heterocycles. The highest BCUT2D eigenvalue weighted by Gasteiger charge is 2.31. The van der Waals surface area contributed by atoms with Crippen LogP contribution >= 0.6 is 0 Å². The Labute approximate surface area is 140 Å². The van der Waals surface area contributed by atoms with Crippen molar-refractivity contribution in [3.8, 4) is 0 Å². The molecule has 23 heavy (non-hydrogen) atoms. The summed E-state index contributed by atoms with van der Waals surface area (Å²) >= 11 is 0. The molecule has 1 aromatic carbocycles. The third-order valence-electron chi connectivity index (χ3n) is 4.55. The number of halogens is 2. The average Bonchev–Trinajstić information content (AvgIpc) is 2.49. The van der Waals surface area contributed by atoms with E-state index in [0.29, 0.717) is 6.61 Å². The Balaban J connectivity index is 2.75. The van der Waals surface area contributed by atoms with Crippen LogP contribution in [0.4, 0.5) is 8.78 Å². The molecule has 0 aliphatic carbocycles. The zero-order valence-corrected chi connectivity index (χ0v) is 15.1. The van der Waals surface area contributed by atoms with Gasteiger partial charge in [-0.3, -0.25) is 0 Å². The zero-order valence-electron chi connectivity index (χ0n) is 15.1. The Morgan fingerprint density at radius 1 is 0.957 bits per heavy atom. The second-order valence-electron chi connectivity index (χ2n) is 6.82. The largest absolute Gasteiger partial charge is 0.375 e. The molecule has 1 unspecified atom stereocenters. The topological polar surface area (TPSA) is 9.23 Å². The Kier molecular flexibility index (Phi) is 8.75. The minimum absolute atomic E-state index is 0.0729. The third-order valence-corrected chi connectivity index (χ3v) is 4.55. The molecule has 1 aromatic rings. The molecule has 1 rings (SSSR count). The lowest BCUT2D eigenvalue weighted by molar-refractivity contribution is -0.0335. The van der Waals surface area contributed by atoms with Gasteiger partial charge in [0.1, 0.15) is 0 Å². The maximum Gasteiger partial charge on any atom is 0.159 e. The van der Waals surface area contributed by atoms with E-state index < -0.39 is 11.6 Å². The smallest absolute Gasteiger partial charge is 0.159 e. The molecule has 0 aliphatic heterocycles. The zero-order chi connectivity index (χ0) is 17.3. The van der Waals surface area contributed by atoms with E-state index >= 15 is 0 Å². The van der Waals surface area contributed by atoms with Crippen molar-refractivity contribution >= 4 is 0 Å². The highest BCUT2D eigenvalue weighted by atomic mass is 19.2. The first-order valence-corrected chi connectivity index (χ1v) is 9.01. The van der Waals surface area contributed by atoms with E-state index in [4.69, 9.17) is 4.74 Å². The van der Waals surface area contributed by atoms with Gasteiger partial charge in [0.15, 0.2) is 11.6 Å². The number of unbranched alkanes of at least 4 members (excludes halogenated alkanes) is 5. The van der Waals surface area contributed by atoms with Crippen molar-refractivity contribution in [1.29, 1.82) is 0 Å². The van der Waals surface area contributed by atoms with Crippen molar-refractivity contribution in [3.63, 3.8) is 0 Å². The van der Waals surface area contributed by atoms with E-state index in [9.17, 15) is 8.78 Å². The summed E-state index contributed by atoms with van der Waals surface area (Å²) in [5.41, 5.74) is 0.443. The second-order valence-corrected chi connectivity index (χ2v) is 6.82. The molecule has 0 spiro atoms. The van der Waals surface area contributed by atoms with E-state index in [0.717, 1.165) is 18.4 Å². The fourth-order valence-electron chi connectivity index (χ4n) is 3.25. The van der Waals surface area contributed by atoms with Crippen LogP contribution < -0.4 is 0 Å². The molecule has 0 saturated carbocycles. The molecule has 0 radical (unpaired) electrons. The SMILES string of the molecule is CCCCCCCCC(c1ccc(F)c(F)c1)C(C)(C)OCC. The fourth-order valence-corrected chi connectivity index (χ4v) is 3.25. The standard InChI is InChI=1S/C20H32F2O/c1-5-7-8-9-10-11-12-17(20(3,4)23-6-2)16-13-14-18(21)19(22)15-16/h13-15,17H,5-12H2,1-4H3. The van der Waals surface area contributed by atoms with Crippen LogP contribution in [-0.2, 0) is 4.74 Å². The number of hydrogen-bond donors (Lipinski definition) is 0. The van der Waals surface area contributed by atoms with Gasteiger partial charge in [-0.15, -0.1) is 0 Å². The molecule has 0 aromatic heterocycles. The maximum atomic E-state index is 13.6.